The number of hydrogen-bond acceptors (Lipinski definition) is 7. The third-order valence-electron chi connectivity index (χ3n) is 5.77. The molecule has 0 aliphatic rings. The highest BCUT2D eigenvalue weighted by molar-refractivity contribution is 6.30. The van der Waals surface area contributed by atoms with Gasteiger partial charge in [0.25, 0.3) is 5.91 Å². The van der Waals surface area contributed by atoms with Gasteiger partial charge in [-0.3, -0.25) is 9.59 Å². The molecule has 0 saturated carbocycles. The highest BCUT2D eigenvalue weighted by Gasteiger charge is 2.22. The van der Waals surface area contributed by atoms with Crippen LogP contribution < -0.4 is 10.6 Å². The zero-order valence-electron chi connectivity index (χ0n) is 19.5. The molecule has 3 heterocycles. The monoisotopic (exact) mass is 515 g/mol. The molecule has 2 amide bonds. The number of halogens is 1. The number of aromatic amines is 1. The number of carbonyl (C=O) groups excluding carboxylic acids is 2. The van der Waals surface area contributed by atoms with Crippen LogP contribution in [0.3, 0.4) is 0 Å². The van der Waals surface area contributed by atoms with Gasteiger partial charge < -0.3 is 15.6 Å². The first kappa shape index (κ1) is 24.1. The van der Waals surface area contributed by atoms with Gasteiger partial charge in [-0.15, -0.1) is 5.10 Å². The van der Waals surface area contributed by atoms with E-state index in [1.165, 1.54) is 23.5 Å². The lowest BCUT2D eigenvalue weighted by atomic mass is 10.0. The van der Waals surface area contributed by atoms with Gasteiger partial charge in [-0.25, -0.2) is 14.6 Å². The van der Waals surface area contributed by atoms with Crippen LogP contribution in [0.4, 0.5) is 0 Å². The van der Waals surface area contributed by atoms with Crippen LogP contribution in [0.1, 0.15) is 21.5 Å². The number of nitrogens with zero attached hydrogens (tertiary/aromatic N) is 6. The summed E-state index contributed by atoms with van der Waals surface area (Å²) >= 11 is 6.20. The zero-order chi connectivity index (χ0) is 25.6. The van der Waals surface area contributed by atoms with Crippen LogP contribution in [0.25, 0.3) is 16.9 Å². The summed E-state index contributed by atoms with van der Waals surface area (Å²) in [6.07, 6.45) is 5.25. The number of amides is 2. The highest BCUT2D eigenvalue weighted by Crippen LogP contribution is 2.19. The van der Waals surface area contributed by atoms with Crippen molar-refractivity contribution in [3.8, 4) is 5.69 Å². The number of rotatable bonds is 9. The number of pyridine rings is 1. The summed E-state index contributed by atoms with van der Waals surface area (Å²) in [7, 11) is 0. The van der Waals surface area contributed by atoms with Crippen molar-refractivity contribution in [2.75, 3.05) is 6.54 Å². The summed E-state index contributed by atoms with van der Waals surface area (Å²) < 4.78 is 1.54. The quantitative estimate of drug-likeness (QED) is 0.273. The number of tetrazole rings is 1. The van der Waals surface area contributed by atoms with Crippen molar-refractivity contribution in [1.29, 1.82) is 0 Å². The summed E-state index contributed by atoms with van der Waals surface area (Å²) in [4.78, 5) is 37.4. The molecular weight excluding hydrogens is 494 g/mol. The van der Waals surface area contributed by atoms with Gasteiger partial charge in [0, 0.05) is 24.2 Å². The summed E-state index contributed by atoms with van der Waals surface area (Å²) in [5.41, 5.74) is 4.02. The molecule has 3 aromatic heterocycles. The maximum Gasteiger partial charge on any atom is 0.253 e. The molecule has 2 aromatic carbocycles. The van der Waals surface area contributed by atoms with Crippen molar-refractivity contribution in [3.05, 3.63) is 95.2 Å². The van der Waals surface area contributed by atoms with Gasteiger partial charge in [0.15, 0.2) is 5.65 Å². The van der Waals surface area contributed by atoms with Crippen LogP contribution in [0.15, 0.2) is 73.4 Å². The molecule has 0 fully saturated rings. The molecule has 0 bridgehead atoms. The van der Waals surface area contributed by atoms with E-state index in [-0.39, 0.29) is 5.91 Å². The van der Waals surface area contributed by atoms with Crippen LogP contribution in [0.2, 0.25) is 5.02 Å². The zero-order valence-corrected chi connectivity index (χ0v) is 20.3. The van der Waals surface area contributed by atoms with E-state index in [1.807, 2.05) is 42.5 Å². The van der Waals surface area contributed by atoms with Crippen molar-refractivity contribution in [1.82, 2.24) is 45.8 Å². The first-order valence-corrected chi connectivity index (χ1v) is 11.9. The minimum absolute atomic E-state index is 0.307. The third kappa shape index (κ3) is 5.78. The first-order valence-electron chi connectivity index (χ1n) is 11.5. The molecule has 5 rings (SSSR count). The second kappa shape index (κ2) is 11.0. The number of nitrogens with one attached hydrogen (secondary N) is 3. The summed E-state index contributed by atoms with van der Waals surface area (Å²) in [6, 6.07) is 15.7. The Balaban J connectivity index is 1.29. The summed E-state index contributed by atoms with van der Waals surface area (Å²) in [5.74, 6) is -0.713. The number of aromatic nitrogens is 7. The number of carbonyl (C=O) groups is 2. The van der Waals surface area contributed by atoms with Gasteiger partial charge in [-0.1, -0.05) is 41.9 Å². The number of fused-ring (bicyclic) bond motifs is 1. The molecule has 5 aromatic rings. The van der Waals surface area contributed by atoms with Gasteiger partial charge >= 0.3 is 0 Å². The number of imidazole rings is 1. The van der Waals surface area contributed by atoms with Crippen molar-refractivity contribution < 1.29 is 9.59 Å². The van der Waals surface area contributed by atoms with E-state index in [0.717, 1.165) is 16.8 Å². The predicted molar refractivity (Wildman–Crippen MR) is 136 cm³/mol. The average Bonchev–Trinajstić information content (AvgIpc) is 3.61. The van der Waals surface area contributed by atoms with Crippen LogP contribution in [0, 0.1) is 0 Å². The third-order valence-corrected chi connectivity index (χ3v) is 6.01. The molecule has 0 spiro atoms. The maximum absolute atomic E-state index is 13.2. The molecule has 0 unspecified atom stereocenters. The average molecular weight is 516 g/mol. The lowest BCUT2D eigenvalue weighted by molar-refractivity contribution is -0.122. The van der Waals surface area contributed by atoms with E-state index in [0.29, 0.717) is 41.1 Å². The van der Waals surface area contributed by atoms with Crippen molar-refractivity contribution >= 4 is 34.6 Å². The molecule has 0 aliphatic heterocycles. The van der Waals surface area contributed by atoms with Crippen LogP contribution in [0.5, 0.6) is 0 Å². The Hall–Kier alpha value is -4.64. The van der Waals surface area contributed by atoms with Crippen LogP contribution in [-0.4, -0.2) is 59.6 Å². The number of benzene rings is 2. The standard InChI is InChI=1S/C25H22ClN9O2/c26-19-6-7-22(35-15-31-33-34-35)17(11-19)8-9-27-25(37)21(10-16-4-2-1-3-5-16)32-24(36)18-12-20-23(28-13-18)30-14-29-20/h1-7,11-15,21H,8-10H2,(H,27,37)(H,32,36)(H,28,29,30)/t21-/m0/s1. The second-order valence-electron chi connectivity index (χ2n) is 8.28. The fourth-order valence-corrected chi connectivity index (χ4v) is 4.14. The molecule has 37 heavy (non-hydrogen) atoms. The van der Waals surface area contributed by atoms with E-state index in [9.17, 15) is 9.59 Å². The Morgan fingerprint density at radius 2 is 1.95 bits per heavy atom. The fraction of sp³-hybridized carbons (Fsp3) is 0.160. The van der Waals surface area contributed by atoms with Gasteiger partial charge in [-0.2, -0.15) is 0 Å². The smallest absolute Gasteiger partial charge is 0.253 e. The molecule has 0 radical (unpaired) electrons. The number of H-pyrrole nitrogens is 1. The van der Waals surface area contributed by atoms with Gasteiger partial charge in [-0.05, 0) is 52.2 Å². The molecule has 0 aliphatic carbocycles. The lowest BCUT2D eigenvalue weighted by Gasteiger charge is -2.19. The lowest BCUT2D eigenvalue weighted by Crippen LogP contribution is -2.48. The van der Waals surface area contributed by atoms with E-state index in [2.05, 4.69) is 41.1 Å². The first-order chi connectivity index (χ1) is 18.1. The highest BCUT2D eigenvalue weighted by atomic mass is 35.5. The molecule has 12 heteroatoms. The van der Waals surface area contributed by atoms with Crippen molar-refractivity contribution in [2.45, 2.75) is 18.9 Å². The Bertz CT molecular complexity index is 1520. The van der Waals surface area contributed by atoms with Gasteiger partial charge in [0.1, 0.15) is 12.4 Å². The second-order valence-corrected chi connectivity index (χ2v) is 8.72. The van der Waals surface area contributed by atoms with Crippen molar-refractivity contribution in [3.63, 3.8) is 0 Å². The SMILES string of the molecule is O=C(N[C@@H](Cc1ccccc1)C(=O)NCCc1cc(Cl)ccc1-n1cnnn1)c1cnc2nc[nH]c2c1. The molecule has 186 valence electrons. The predicted octanol–water partition coefficient (Wildman–Crippen LogP) is 2.29. The Morgan fingerprint density at radius 3 is 2.76 bits per heavy atom. The normalized spacial score (nSPS) is 11.8. The minimum Gasteiger partial charge on any atom is -0.354 e. The van der Waals surface area contributed by atoms with Crippen LogP contribution in [-0.2, 0) is 17.6 Å². The molecular formula is C25H22ClN9O2. The topological polar surface area (TPSA) is 143 Å². The van der Waals surface area contributed by atoms with E-state index in [1.54, 1.807) is 12.1 Å². The minimum atomic E-state index is -0.800. The summed E-state index contributed by atoms with van der Waals surface area (Å²) in [6.45, 7) is 0.317. The molecule has 0 saturated heterocycles. The molecule has 1 atom stereocenters. The Morgan fingerprint density at radius 1 is 1.08 bits per heavy atom. The van der Waals surface area contributed by atoms with E-state index < -0.39 is 11.9 Å². The molecule has 11 nitrogen and oxygen atoms in total. The van der Waals surface area contributed by atoms with Crippen molar-refractivity contribution in [2.24, 2.45) is 0 Å². The van der Waals surface area contributed by atoms with Crippen LogP contribution >= 0.6 is 11.6 Å². The Labute approximate surface area is 216 Å². The molecule has 3 N–H and O–H groups in total. The Kier molecular flexibility index (Phi) is 7.13. The van der Waals surface area contributed by atoms with E-state index in [4.69, 9.17) is 11.6 Å². The number of hydrogen-bond donors (Lipinski definition) is 3. The largest absolute Gasteiger partial charge is 0.354 e. The van der Waals surface area contributed by atoms with Gasteiger partial charge in [0.2, 0.25) is 5.91 Å². The maximum atomic E-state index is 13.2. The fourth-order valence-electron chi connectivity index (χ4n) is 3.95. The van der Waals surface area contributed by atoms with Gasteiger partial charge in [0.05, 0.1) is 23.1 Å². The summed E-state index contributed by atoms with van der Waals surface area (Å²) in [5, 5.41) is 17.7. The van der Waals surface area contributed by atoms with E-state index >= 15 is 0 Å².